The fourth-order valence-corrected chi connectivity index (χ4v) is 2.13. The molecule has 3 heteroatoms. The lowest BCUT2D eigenvalue weighted by Gasteiger charge is -2.28. The summed E-state index contributed by atoms with van der Waals surface area (Å²) in [6, 6.07) is 0. The number of hydrogen-bond acceptors (Lipinski definition) is 3. The van der Waals surface area contributed by atoms with Gasteiger partial charge in [0.05, 0.1) is 18.1 Å². The van der Waals surface area contributed by atoms with Crippen LogP contribution in [0.15, 0.2) is 0 Å². The lowest BCUT2D eigenvalue weighted by molar-refractivity contribution is -0.161. The van der Waals surface area contributed by atoms with Gasteiger partial charge in [-0.05, 0) is 40.0 Å². The lowest BCUT2D eigenvalue weighted by atomic mass is 9.86. The van der Waals surface area contributed by atoms with E-state index in [-0.39, 0.29) is 12.1 Å². The Labute approximate surface area is 85.8 Å². The topological polar surface area (TPSA) is 35.5 Å². The predicted molar refractivity (Wildman–Crippen MR) is 54.0 cm³/mol. The Balaban J connectivity index is 2.65. The summed E-state index contributed by atoms with van der Waals surface area (Å²) >= 11 is 0. The molecule has 1 fully saturated rings. The van der Waals surface area contributed by atoms with Gasteiger partial charge in [0.1, 0.15) is 0 Å². The minimum Gasteiger partial charge on any atom is -0.465 e. The summed E-state index contributed by atoms with van der Waals surface area (Å²) in [6.45, 7) is 6.88. The highest BCUT2D eigenvalue weighted by molar-refractivity contribution is 5.77. The van der Waals surface area contributed by atoms with Crippen molar-refractivity contribution < 1.29 is 14.3 Å². The first-order valence-corrected chi connectivity index (χ1v) is 5.44. The Bertz CT molecular complexity index is 203. The molecule has 82 valence electrons. The highest BCUT2D eigenvalue weighted by Gasteiger charge is 2.46. The van der Waals surface area contributed by atoms with Crippen LogP contribution in [0.1, 0.15) is 40.0 Å². The van der Waals surface area contributed by atoms with Crippen molar-refractivity contribution in [1.82, 2.24) is 0 Å². The van der Waals surface area contributed by atoms with Gasteiger partial charge in [0.15, 0.2) is 0 Å². The van der Waals surface area contributed by atoms with Crippen LogP contribution < -0.4 is 0 Å². The fourth-order valence-electron chi connectivity index (χ4n) is 2.13. The highest BCUT2D eigenvalue weighted by Crippen LogP contribution is 2.40. The van der Waals surface area contributed by atoms with Crippen LogP contribution in [0.3, 0.4) is 0 Å². The molecule has 0 aliphatic heterocycles. The molecule has 2 atom stereocenters. The molecule has 3 nitrogen and oxygen atoms in total. The van der Waals surface area contributed by atoms with Gasteiger partial charge in [0.25, 0.3) is 0 Å². The molecule has 1 saturated carbocycles. The molecule has 0 bridgehead atoms. The number of esters is 1. The first-order chi connectivity index (χ1) is 6.65. The van der Waals surface area contributed by atoms with E-state index in [1.165, 1.54) is 0 Å². The molecule has 1 aliphatic carbocycles. The van der Waals surface area contributed by atoms with Gasteiger partial charge in [-0.2, -0.15) is 0 Å². The fraction of sp³-hybridized carbons (Fsp3) is 0.909. The lowest BCUT2D eigenvalue weighted by Crippen LogP contribution is -2.38. The predicted octanol–water partition coefficient (Wildman–Crippen LogP) is 2.14. The second-order valence-corrected chi connectivity index (χ2v) is 3.97. The first-order valence-electron chi connectivity index (χ1n) is 5.44. The maximum atomic E-state index is 11.8. The van der Waals surface area contributed by atoms with Crippen molar-refractivity contribution in [2.45, 2.75) is 46.1 Å². The molecule has 2 unspecified atom stereocenters. The van der Waals surface area contributed by atoms with Gasteiger partial charge in [-0.25, -0.2) is 0 Å². The Morgan fingerprint density at radius 2 is 2.14 bits per heavy atom. The third-order valence-corrected chi connectivity index (χ3v) is 2.98. The Morgan fingerprint density at radius 1 is 1.43 bits per heavy atom. The van der Waals surface area contributed by atoms with Crippen molar-refractivity contribution in [3.8, 4) is 0 Å². The molecule has 0 aromatic heterocycles. The molecule has 0 aromatic carbocycles. The summed E-state index contributed by atoms with van der Waals surface area (Å²) < 4.78 is 10.7. The zero-order valence-electron chi connectivity index (χ0n) is 9.34. The van der Waals surface area contributed by atoms with Crippen molar-refractivity contribution in [1.29, 1.82) is 0 Å². The standard InChI is InChI=1S/C11H20O3/c1-4-13-9-7-6-8-11(9,3)10(12)14-5-2/h9H,4-8H2,1-3H3. The second-order valence-electron chi connectivity index (χ2n) is 3.97. The third kappa shape index (κ3) is 2.08. The van der Waals surface area contributed by atoms with Crippen molar-refractivity contribution in [3.05, 3.63) is 0 Å². The quantitative estimate of drug-likeness (QED) is 0.652. The van der Waals surface area contributed by atoms with E-state index in [0.717, 1.165) is 19.3 Å². The summed E-state index contributed by atoms with van der Waals surface area (Å²) in [6.07, 6.45) is 2.96. The van der Waals surface area contributed by atoms with E-state index in [1.54, 1.807) is 0 Å². The van der Waals surface area contributed by atoms with E-state index in [9.17, 15) is 4.79 Å². The van der Waals surface area contributed by atoms with Crippen molar-refractivity contribution >= 4 is 5.97 Å². The Hall–Kier alpha value is -0.570. The summed E-state index contributed by atoms with van der Waals surface area (Å²) in [4.78, 5) is 11.8. The van der Waals surface area contributed by atoms with E-state index in [1.807, 2.05) is 20.8 Å². The zero-order valence-corrected chi connectivity index (χ0v) is 9.34. The van der Waals surface area contributed by atoms with Crippen LogP contribution in [0, 0.1) is 5.41 Å². The average molecular weight is 200 g/mol. The summed E-state index contributed by atoms with van der Waals surface area (Å²) in [5, 5.41) is 0. The smallest absolute Gasteiger partial charge is 0.314 e. The zero-order chi connectivity index (χ0) is 10.6. The molecule has 1 aliphatic rings. The van der Waals surface area contributed by atoms with Crippen LogP contribution in [0.25, 0.3) is 0 Å². The van der Waals surface area contributed by atoms with E-state index < -0.39 is 5.41 Å². The Kier molecular flexibility index (Phi) is 3.93. The molecular formula is C11H20O3. The first kappa shape index (κ1) is 11.5. The molecule has 0 spiro atoms. The minimum absolute atomic E-state index is 0.0477. The SMILES string of the molecule is CCOC(=O)C1(C)CCCC1OCC. The number of rotatable bonds is 4. The Morgan fingerprint density at radius 3 is 2.71 bits per heavy atom. The molecule has 14 heavy (non-hydrogen) atoms. The van der Waals surface area contributed by atoms with E-state index in [4.69, 9.17) is 9.47 Å². The molecule has 0 aromatic rings. The summed E-state index contributed by atoms with van der Waals surface area (Å²) in [5.74, 6) is -0.101. The van der Waals surface area contributed by atoms with Gasteiger partial charge in [0.2, 0.25) is 0 Å². The molecule has 0 radical (unpaired) electrons. The van der Waals surface area contributed by atoms with Crippen LogP contribution >= 0.6 is 0 Å². The molecular weight excluding hydrogens is 180 g/mol. The van der Waals surface area contributed by atoms with Gasteiger partial charge in [-0.1, -0.05) is 0 Å². The van der Waals surface area contributed by atoms with Gasteiger partial charge in [-0.3, -0.25) is 4.79 Å². The molecule has 0 N–H and O–H groups in total. The van der Waals surface area contributed by atoms with Crippen LogP contribution in [-0.4, -0.2) is 25.3 Å². The van der Waals surface area contributed by atoms with Gasteiger partial charge in [0, 0.05) is 6.61 Å². The van der Waals surface area contributed by atoms with Gasteiger partial charge < -0.3 is 9.47 Å². The number of carbonyl (C=O) groups is 1. The van der Waals surface area contributed by atoms with E-state index in [2.05, 4.69) is 0 Å². The maximum absolute atomic E-state index is 11.8. The average Bonchev–Trinajstić information content (AvgIpc) is 2.51. The van der Waals surface area contributed by atoms with Crippen LogP contribution in [0.2, 0.25) is 0 Å². The molecule has 0 saturated heterocycles. The minimum atomic E-state index is -0.411. The number of hydrogen-bond donors (Lipinski definition) is 0. The normalized spacial score (nSPS) is 31.8. The number of ether oxygens (including phenoxy) is 2. The summed E-state index contributed by atoms with van der Waals surface area (Å²) in [7, 11) is 0. The largest absolute Gasteiger partial charge is 0.465 e. The molecule has 0 heterocycles. The molecule has 1 rings (SSSR count). The van der Waals surface area contributed by atoms with Crippen LogP contribution in [-0.2, 0) is 14.3 Å². The van der Waals surface area contributed by atoms with Crippen LogP contribution in [0.5, 0.6) is 0 Å². The third-order valence-electron chi connectivity index (χ3n) is 2.98. The van der Waals surface area contributed by atoms with Gasteiger partial charge in [-0.15, -0.1) is 0 Å². The summed E-state index contributed by atoms with van der Waals surface area (Å²) in [5.41, 5.74) is -0.411. The van der Waals surface area contributed by atoms with Crippen LogP contribution in [0.4, 0.5) is 0 Å². The van der Waals surface area contributed by atoms with Crippen molar-refractivity contribution in [2.75, 3.05) is 13.2 Å². The second kappa shape index (κ2) is 4.78. The van der Waals surface area contributed by atoms with Crippen molar-refractivity contribution in [2.24, 2.45) is 5.41 Å². The van der Waals surface area contributed by atoms with E-state index >= 15 is 0 Å². The molecule has 0 amide bonds. The van der Waals surface area contributed by atoms with E-state index in [0.29, 0.717) is 13.2 Å². The monoisotopic (exact) mass is 200 g/mol. The maximum Gasteiger partial charge on any atom is 0.314 e. The van der Waals surface area contributed by atoms with Gasteiger partial charge >= 0.3 is 5.97 Å². The highest BCUT2D eigenvalue weighted by atomic mass is 16.5. The van der Waals surface area contributed by atoms with Crippen molar-refractivity contribution in [3.63, 3.8) is 0 Å². The number of carbonyl (C=O) groups excluding carboxylic acids is 1.